The molecule has 0 radical (unpaired) electrons. The molecule has 0 unspecified atom stereocenters. The number of thiazole rings is 1. The van der Waals surface area contributed by atoms with Crippen molar-refractivity contribution in [1.82, 2.24) is 15.3 Å². The van der Waals surface area contributed by atoms with Gasteiger partial charge in [-0.15, -0.1) is 11.3 Å². The lowest BCUT2D eigenvalue weighted by atomic mass is 10.0. The summed E-state index contributed by atoms with van der Waals surface area (Å²) < 4.78 is 0. The highest BCUT2D eigenvalue weighted by Crippen LogP contribution is 2.42. The minimum absolute atomic E-state index is 0.308. The molecular formula is C30H22Cl2N4O2S. The first-order chi connectivity index (χ1) is 18.9. The normalized spacial score (nSPS) is 11.6. The second-order valence-corrected chi connectivity index (χ2v) is 10.6. The number of carbonyl (C=O) groups is 2. The number of nitrogens with one attached hydrogen (secondary N) is 1. The molecule has 0 aliphatic carbocycles. The lowest BCUT2D eigenvalue weighted by Crippen LogP contribution is -2.45. The molecule has 0 saturated heterocycles. The maximum atomic E-state index is 13.0. The molecule has 0 aliphatic heterocycles. The Morgan fingerprint density at radius 1 is 0.872 bits per heavy atom. The molecule has 0 spiro atoms. The molecule has 9 heteroatoms. The minimum atomic E-state index is -0.832. The largest absolute Gasteiger partial charge is 0.368 e. The summed E-state index contributed by atoms with van der Waals surface area (Å²) in [5, 5.41) is 4.47. The van der Waals surface area contributed by atoms with Crippen molar-refractivity contribution in [3.63, 3.8) is 0 Å². The molecule has 3 aromatic carbocycles. The van der Waals surface area contributed by atoms with Crippen LogP contribution in [0.1, 0.15) is 15.9 Å². The van der Waals surface area contributed by atoms with Gasteiger partial charge in [-0.2, -0.15) is 0 Å². The summed E-state index contributed by atoms with van der Waals surface area (Å²) in [5.74, 6) is -0.985. The first kappa shape index (κ1) is 26.6. The topological polar surface area (TPSA) is 98.0 Å². The van der Waals surface area contributed by atoms with Crippen LogP contribution in [0.3, 0.4) is 0 Å². The highest BCUT2D eigenvalue weighted by atomic mass is 35.5. The molecular weight excluding hydrogens is 551 g/mol. The Hall–Kier alpha value is -4.04. The summed E-state index contributed by atoms with van der Waals surface area (Å²) >= 11 is 14.0. The number of halogens is 2. The van der Waals surface area contributed by atoms with E-state index in [2.05, 4.69) is 10.3 Å². The van der Waals surface area contributed by atoms with Crippen LogP contribution in [0.15, 0.2) is 97.3 Å². The molecule has 0 fully saturated rings. The van der Waals surface area contributed by atoms with Crippen LogP contribution in [0.25, 0.3) is 32.3 Å². The number of primary amides is 1. The van der Waals surface area contributed by atoms with Gasteiger partial charge < -0.3 is 11.1 Å². The standard InChI is InChI=1S/C30H22Cl2N4O2S/c31-23-13-12-21(16-24(23)32)27-26(36-30(39-27)22-7-4-14-34-17-22)19-8-10-20(11-9-19)29(38)35-25(28(33)37)15-18-5-2-1-3-6-18/h1-14,16-17,25H,15H2,(H2,33,37)(H,35,38)/t25-/m0/s1. The molecule has 5 aromatic rings. The van der Waals surface area contributed by atoms with Crippen LogP contribution in [-0.2, 0) is 11.2 Å². The third-order valence-corrected chi connectivity index (χ3v) is 7.96. The van der Waals surface area contributed by atoms with Crippen molar-refractivity contribution in [2.45, 2.75) is 12.5 Å². The Bertz CT molecular complexity index is 1620. The fourth-order valence-corrected chi connectivity index (χ4v) is 5.43. The fraction of sp³-hybridized carbons (Fsp3) is 0.0667. The highest BCUT2D eigenvalue weighted by Gasteiger charge is 2.21. The van der Waals surface area contributed by atoms with E-state index in [-0.39, 0.29) is 5.91 Å². The molecule has 6 nitrogen and oxygen atoms in total. The molecule has 1 atom stereocenters. The zero-order chi connectivity index (χ0) is 27.4. The molecule has 0 saturated carbocycles. The number of carbonyl (C=O) groups excluding carboxylic acids is 2. The van der Waals surface area contributed by atoms with Gasteiger partial charge in [0.1, 0.15) is 11.0 Å². The van der Waals surface area contributed by atoms with Gasteiger partial charge in [0.15, 0.2) is 0 Å². The van der Waals surface area contributed by atoms with Gasteiger partial charge in [-0.1, -0.05) is 71.7 Å². The maximum Gasteiger partial charge on any atom is 0.251 e. The lowest BCUT2D eigenvalue weighted by Gasteiger charge is -2.16. The van der Waals surface area contributed by atoms with E-state index in [0.717, 1.165) is 37.8 Å². The maximum absolute atomic E-state index is 13.0. The van der Waals surface area contributed by atoms with Crippen molar-refractivity contribution >= 4 is 46.4 Å². The number of pyridine rings is 1. The summed E-state index contributed by atoms with van der Waals surface area (Å²) in [6.45, 7) is 0. The predicted octanol–water partition coefficient (Wildman–Crippen LogP) is 6.67. The number of amides is 2. The molecule has 2 aromatic heterocycles. The van der Waals surface area contributed by atoms with Gasteiger partial charge in [-0.25, -0.2) is 4.98 Å². The zero-order valence-corrected chi connectivity index (χ0v) is 22.8. The van der Waals surface area contributed by atoms with E-state index in [0.29, 0.717) is 22.0 Å². The number of rotatable bonds is 8. The van der Waals surface area contributed by atoms with E-state index in [1.165, 1.54) is 11.3 Å². The van der Waals surface area contributed by atoms with Crippen LogP contribution in [0.5, 0.6) is 0 Å². The molecule has 194 valence electrons. The van der Waals surface area contributed by atoms with E-state index in [4.69, 9.17) is 33.9 Å². The van der Waals surface area contributed by atoms with Gasteiger partial charge >= 0.3 is 0 Å². The summed E-state index contributed by atoms with van der Waals surface area (Å²) in [6.07, 6.45) is 3.78. The molecule has 2 amide bonds. The Kier molecular flexibility index (Phi) is 8.02. The van der Waals surface area contributed by atoms with Crippen molar-refractivity contribution < 1.29 is 9.59 Å². The van der Waals surface area contributed by atoms with Crippen LogP contribution >= 0.6 is 34.5 Å². The second kappa shape index (κ2) is 11.8. The van der Waals surface area contributed by atoms with Gasteiger partial charge in [0.2, 0.25) is 5.91 Å². The first-order valence-corrected chi connectivity index (χ1v) is 13.6. The highest BCUT2D eigenvalue weighted by molar-refractivity contribution is 7.19. The Balaban J connectivity index is 1.44. The zero-order valence-electron chi connectivity index (χ0n) is 20.5. The van der Waals surface area contributed by atoms with Gasteiger partial charge in [-0.3, -0.25) is 14.6 Å². The number of nitrogens with zero attached hydrogens (tertiary/aromatic N) is 2. The van der Waals surface area contributed by atoms with E-state index < -0.39 is 11.9 Å². The molecule has 0 aliphatic rings. The van der Waals surface area contributed by atoms with Crippen molar-refractivity contribution in [3.05, 3.63) is 118 Å². The summed E-state index contributed by atoms with van der Waals surface area (Å²) in [4.78, 5) is 35.0. The van der Waals surface area contributed by atoms with Crippen molar-refractivity contribution in [1.29, 1.82) is 0 Å². The predicted molar refractivity (Wildman–Crippen MR) is 157 cm³/mol. The van der Waals surface area contributed by atoms with Crippen LogP contribution in [0.2, 0.25) is 10.0 Å². The van der Waals surface area contributed by atoms with Gasteiger partial charge in [-0.05, 0) is 47.5 Å². The average Bonchev–Trinajstić information content (AvgIpc) is 3.41. The SMILES string of the molecule is NC(=O)[C@H](Cc1ccccc1)NC(=O)c1ccc(-c2nc(-c3cccnc3)sc2-c2ccc(Cl)c(Cl)c2)cc1. The number of benzene rings is 3. The van der Waals surface area contributed by atoms with E-state index >= 15 is 0 Å². The van der Waals surface area contributed by atoms with Gasteiger partial charge in [0, 0.05) is 35.5 Å². The third kappa shape index (κ3) is 6.17. The van der Waals surface area contributed by atoms with E-state index in [1.54, 1.807) is 30.6 Å². The summed E-state index contributed by atoms with van der Waals surface area (Å²) in [5.41, 5.74) is 10.2. The van der Waals surface area contributed by atoms with Gasteiger partial charge in [0.05, 0.1) is 20.6 Å². The Morgan fingerprint density at radius 3 is 2.28 bits per heavy atom. The Labute approximate surface area is 239 Å². The summed E-state index contributed by atoms with van der Waals surface area (Å²) in [7, 11) is 0. The monoisotopic (exact) mass is 572 g/mol. The molecule has 0 bridgehead atoms. The van der Waals surface area contributed by atoms with Crippen LogP contribution in [0, 0.1) is 0 Å². The van der Waals surface area contributed by atoms with Crippen molar-refractivity contribution in [3.8, 4) is 32.3 Å². The number of nitrogens with two attached hydrogens (primary N) is 1. The third-order valence-electron chi connectivity index (χ3n) is 6.07. The Morgan fingerprint density at radius 2 is 1.62 bits per heavy atom. The van der Waals surface area contributed by atoms with Crippen molar-refractivity contribution in [2.24, 2.45) is 5.73 Å². The number of hydrogen-bond acceptors (Lipinski definition) is 5. The van der Waals surface area contributed by atoms with Crippen LogP contribution in [-0.4, -0.2) is 27.8 Å². The molecule has 5 rings (SSSR count). The van der Waals surface area contributed by atoms with Crippen LogP contribution in [0.4, 0.5) is 0 Å². The van der Waals surface area contributed by atoms with E-state index in [9.17, 15) is 9.59 Å². The fourth-order valence-electron chi connectivity index (χ4n) is 4.06. The van der Waals surface area contributed by atoms with Crippen molar-refractivity contribution in [2.75, 3.05) is 0 Å². The van der Waals surface area contributed by atoms with Gasteiger partial charge in [0.25, 0.3) is 5.91 Å². The molecule has 39 heavy (non-hydrogen) atoms. The first-order valence-electron chi connectivity index (χ1n) is 12.0. The second-order valence-electron chi connectivity index (χ2n) is 8.76. The smallest absolute Gasteiger partial charge is 0.251 e. The summed E-state index contributed by atoms with van der Waals surface area (Å²) in [6, 6.07) is 24.9. The lowest BCUT2D eigenvalue weighted by molar-refractivity contribution is -0.119. The van der Waals surface area contributed by atoms with E-state index in [1.807, 2.05) is 66.7 Å². The van der Waals surface area contributed by atoms with Crippen LogP contribution < -0.4 is 11.1 Å². The number of aromatic nitrogens is 2. The molecule has 2 heterocycles. The molecule has 3 N–H and O–H groups in total. The quantitative estimate of drug-likeness (QED) is 0.217. The minimum Gasteiger partial charge on any atom is -0.368 e. The average molecular weight is 574 g/mol. The number of hydrogen-bond donors (Lipinski definition) is 2.